The lowest BCUT2D eigenvalue weighted by atomic mass is 10.2. The number of ether oxygens (including phenoxy) is 1. The second-order valence-corrected chi connectivity index (χ2v) is 6.51. The van der Waals surface area contributed by atoms with E-state index in [1.165, 1.54) is 24.3 Å². The minimum Gasteiger partial charge on any atom is -0.508 e. The third-order valence-electron chi connectivity index (χ3n) is 4.51. The van der Waals surface area contributed by atoms with Gasteiger partial charge in [-0.25, -0.2) is 14.2 Å². The van der Waals surface area contributed by atoms with E-state index in [4.69, 9.17) is 4.74 Å². The van der Waals surface area contributed by atoms with Crippen LogP contribution in [-0.4, -0.2) is 25.7 Å². The monoisotopic (exact) mass is 392 g/mol. The van der Waals surface area contributed by atoms with E-state index in [0.29, 0.717) is 17.9 Å². The Labute approximate surface area is 165 Å². The summed E-state index contributed by atoms with van der Waals surface area (Å²) in [7, 11) is 0. The molecule has 6 nitrogen and oxygen atoms in total. The summed E-state index contributed by atoms with van der Waals surface area (Å²) in [6.45, 7) is 0.355. The maximum Gasteiger partial charge on any atom is 0.339 e. The summed E-state index contributed by atoms with van der Waals surface area (Å²) in [4.78, 5) is 15.9. The number of hydrogen-bond acceptors (Lipinski definition) is 4. The summed E-state index contributed by atoms with van der Waals surface area (Å²) in [5.41, 5.74) is 2.10. The number of aromatic hydroxyl groups is 1. The molecule has 3 aromatic carbocycles. The van der Waals surface area contributed by atoms with Crippen molar-refractivity contribution in [3.05, 3.63) is 89.5 Å². The molecule has 0 aliphatic carbocycles. The van der Waals surface area contributed by atoms with Crippen LogP contribution in [0.1, 0.15) is 21.7 Å². The summed E-state index contributed by atoms with van der Waals surface area (Å²) >= 11 is 0. The third-order valence-corrected chi connectivity index (χ3v) is 4.51. The Balaban J connectivity index is 1.71. The van der Waals surface area contributed by atoms with Crippen LogP contribution in [0.2, 0.25) is 0 Å². The van der Waals surface area contributed by atoms with Crippen LogP contribution in [0.5, 0.6) is 11.5 Å². The zero-order valence-corrected chi connectivity index (χ0v) is 15.2. The molecule has 0 amide bonds. The number of hydrogen-bond donors (Lipinski definition) is 2. The SMILES string of the molecule is O=C(O)c1ccccc1OCc1nc2cc(O)ccc2n1Cc1cccc(F)c1. The van der Waals surface area contributed by atoms with Gasteiger partial charge in [0, 0.05) is 12.6 Å². The fourth-order valence-corrected chi connectivity index (χ4v) is 3.18. The van der Waals surface area contributed by atoms with Gasteiger partial charge < -0.3 is 19.5 Å². The van der Waals surface area contributed by atoms with Gasteiger partial charge in [0.15, 0.2) is 0 Å². The molecule has 4 aromatic rings. The van der Waals surface area contributed by atoms with Crippen molar-refractivity contribution in [3.63, 3.8) is 0 Å². The molecule has 0 fully saturated rings. The number of fused-ring (bicyclic) bond motifs is 1. The van der Waals surface area contributed by atoms with Crippen LogP contribution in [0.15, 0.2) is 66.7 Å². The molecule has 0 aliphatic heterocycles. The van der Waals surface area contributed by atoms with Gasteiger partial charge in [-0.1, -0.05) is 24.3 Å². The summed E-state index contributed by atoms with van der Waals surface area (Å²) in [5, 5.41) is 19.1. The van der Waals surface area contributed by atoms with E-state index in [1.54, 1.807) is 42.5 Å². The molecule has 0 radical (unpaired) electrons. The number of nitrogens with zero attached hydrogens (tertiary/aromatic N) is 2. The van der Waals surface area contributed by atoms with Crippen LogP contribution in [0.25, 0.3) is 11.0 Å². The van der Waals surface area contributed by atoms with Crippen molar-refractivity contribution >= 4 is 17.0 Å². The molecule has 0 saturated heterocycles. The third kappa shape index (κ3) is 3.89. The van der Waals surface area contributed by atoms with Crippen molar-refractivity contribution in [1.82, 2.24) is 9.55 Å². The fraction of sp³-hybridized carbons (Fsp3) is 0.0909. The van der Waals surface area contributed by atoms with Gasteiger partial charge in [-0.15, -0.1) is 0 Å². The minimum absolute atomic E-state index is 0.00898. The first-order valence-corrected chi connectivity index (χ1v) is 8.89. The number of benzene rings is 3. The first-order chi connectivity index (χ1) is 14.0. The number of carboxylic acids is 1. The Morgan fingerprint density at radius 1 is 1.07 bits per heavy atom. The second-order valence-electron chi connectivity index (χ2n) is 6.51. The Bertz CT molecular complexity index is 1200. The van der Waals surface area contributed by atoms with Gasteiger partial charge in [-0.05, 0) is 42.0 Å². The minimum atomic E-state index is -1.08. The van der Waals surface area contributed by atoms with Crippen molar-refractivity contribution in [3.8, 4) is 11.5 Å². The topological polar surface area (TPSA) is 84.6 Å². The average Bonchev–Trinajstić information content (AvgIpc) is 3.03. The zero-order valence-electron chi connectivity index (χ0n) is 15.2. The summed E-state index contributed by atoms with van der Waals surface area (Å²) in [6, 6.07) is 17.4. The van der Waals surface area contributed by atoms with Crippen LogP contribution in [-0.2, 0) is 13.2 Å². The van der Waals surface area contributed by atoms with Crippen LogP contribution < -0.4 is 4.74 Å². The normalized spacial score (nSPS) is 10.9. The second kappa shape index (κ2) is 7.63. The number of para-hydroxylation sites is 1. The molecular formula is C22H17FN2O4. The maximum atomic E-state index is 13.6. The smallest absolute Gasteiger partial charge is 0.339 e. The number of phenolic OH excluding ortho intramolecular Hbond substituents is 1. The van der Waals surface area contributed by atoms with E-state index in [0.717, 1.165) is 11.1 Å². The quantitative estimate of drug-likeness (QED) is 0.514. The van der Waals surface area contributed by atoms with E-state index >= 15 is 0 Å². The molecule has 0 spiro atoms. The van der Waals surface area contributed by atoms with Gasteiger partial charge in [-0.3, -0.25) is 0 Å². The molecule has 29 heavy (non-hydrogen) atoms. The van der Waals surface area contributed by atoms with Crippen LogP contribution in [0.3, 0.4) is 0 Å². The van der Waals surface area contributed by atoms with Gasteiger partial charge in [0.05, 0.1) is 11.0 Å². The number of aromatic nitrogens is 2. The zero-order chi connectivity index (χ0) is 20.4. The number of imidazole rings is 1. The highest BCUT2D eigenvalue weighted by Crippen LogP contribution is 2.24. The number of rotatable bonds is 6. The number of phenols is 1. The molecule has 7 heteroatoms. The van der Waals surface area contributed by atoms with E-state index in [1.807, 2.05) is 4.57 Å². The number of halogens is 1. The van der Waals surface area contributed by atoms with Crippen molar-refractivity contribution in [1.29, 1.82) is 0 Å². The van der Waals surface area contributed by atoms with Crippen LogP contribution in [0.4, 0.5) is 4.39 Å². The largest absolute Gasteiger partial charge is 0.508 e. The molecule has 1 heterocycles. The predicted molar refractivity (Wildman–Crippen MR) is 105 cm³/mol. The molecule has 0 saturated carbocycles. The molecule has 2 N–H and O–H groups in total. The number of carbonyl (C=O) groups is 1. The molecule has 146 valence electrons. The summed E-state index contributed by atoms with van der Waals surface area (Å²) < 4.78 is 21.2. The van der Waals surface area contributed by atoms with Gasteiger partial charge in [0.1, 0.15) is 35.3 Å². The van der Waals surface area contributed by atoms with Crippen molar-refractivity contribution in [2.24, 2.45) is 0 Å². The highest BCUT2D eigenvalue weighted by molar-refractivity contribution is 5.90. The van der Waals surface area contributed by atoms with Crippen LogP contribution in [0, 0.1) is 5.82 Å². The fourth-order valence-electron chi connectivity index (χ4n) is 3.18. The first-order valence-electron chi connectivity index (χ1n) is 8.89. The van der Waals surface area contributed by atoms with E-state index in [-0.39, 0.29) is 29.5 Å². The highest BCUT2D eigenvalue weighted by Gasteiger charge is 2.15. The Kier molecular flexibility index (Phi) is 4.87. The van der Waals surface area contributed by atoms with E-state index in [2.05, 4.69) is 4.98 Å². The molecule has 0 aliphatic rings. The Hall–Kier alpha value is -3.87. The maximum absolute atomic E-state index is 13.6. The lowest BCUT2D eigenvalue weighted by Gasteiger charge is -2.12. The lowest BCUT2D eigenvalue weighted by molar-refractivity contribution is 0.0691. The number of carboxylic acid groups (broad SMARTS) is 1. The first kappa shape index (κ1) is 18.5. The highest BCUT2D eigenvalue weighted by atomic mass is 19.1. The summed E-state index contributed by atoms with van der Waals surface area (Å²) in [6.07, 6.45) is 0. The standard InChI is InChI=1S/C22H17FN2O4/c23-15-5-3-4-14(10-15)12-25-19-9-8-16(26)11-18(19)24-21(25)13-29-20-7-2-1-6-17(20)22(27)28/h1-11,26H,12-13H2,(H,27,28). The number of aromatic carboxylic acids is 1. The van der Waals surface area contributed by atoms with Gasteiger partial charge >= 0.3 is 5.97 Å². The summed E-state index contributed by atoms with van der Waals surface area (Å²) in [5.74, 6) is -0.588. The Morgan fingerprint density at radius 2 is 1.90 bits per heavy atom. The average molecular weight is 392 g/mol. The Morgan fingerprint density at radius 3 is 2.69 bits per heavy atom. The van der Waals surface area contributed by atoms with Gasteiger partial charge in [-0.2, -0.15) is 0 Å². The molecular weight excluding hydrogens is 375 g/mol. The van der Waals surface area contributed by atoms with Gasteiger partial charge in [0.2, 0.25) is 0 Å². The molecule has 1 aromatic heterocycles. The van der Waals surface area contributed by atoms with Crippen molar-refractivity contribution in [2.45, 2.75) is 13.2 Å². The lowest BCUT2D eigenvalue weighted by Crippen LogP contribution is -2.10. The molecule has 0 unspecified atom stereocenters. The predicted octanol–water partition coefficient (Wildman–Crippen LogP) is 4.21. The molecule has 4 rings (SSSR count). The molecule has 0 atom stereocenters. The van der Waals surface area contributed by atoms with Crippen LogP contribution >= 0.6 is 0 Å². The van der Waals surface area contributed by atoms with E-state index < -0.39 is 5.97 Å². The molecule has 0 bridgehead atoms. The van der Waals surface area contributed by atoms with Crippen molar-refractivity contribution in [2.75, 3.05) is 0 Å². The van der Waals surface area contributed by atoms with Gasteiger partial charge in [0.25, 0.3) is 0 Å². The van der Waals surface area contributed by atoms with Crippen molar-refractivity contribution < 1.29 is 24.1 Å². The van der Waals surface area contributed by atoms with E-state index in [9.17, 15) is 19.4 Å².